The Morgan fingerprint density at radius 2 is 2.06 bits per heavy atom. The first kappa shape index (κ1) is 10.9. The summed E-state index contributed by atoms with van der Waals surface area (Å²) in [6, 6.07) is 7.57. The lowest BCUT2D eigenvalue weighted by atomic mass is 9.99. The Morgan fingerprint density at radius 3 is 2.62 bits per heavy atom. The normalized spacial score (nSPS) is 15.4. The number of esters is 1. The van der Waals surface area contributed by atoms with Gasteiger partial charge in [0.15, 0.2) is 0 Å². The van der Waals surface area contributed by atoms with Gasteiger partial charge >= 0.3 is 5.97 Å². The van der Waals surface area contributed by atoms with Crippen LogP contribution in [0.4, 0.5) is 0 Å². The Kier molecular flexibility index (Phi) is 3.37. The van der Waals surface area contributed by atoms with Crippen LogP contribution in [-0.4, -0.2) is 26.2 Å². The molecule has 0 radical (unpaired) electrons. The number of carbonyl (C=O) groups excluding carboxylic acids is 1. The molecule has 0 aromatic heterocycles. The Labute approximate surface area is 95.1 Å². The third-order valence-corrected chi connectivity index (χ3v) is 2.74. The fourth-order valence-corrected chi connectivity index (χ4v) is 1.82. The summed E-state index contributed by atoms with van der Waals surface area (Å²) in [5.74, 6) is -0.286. The van der Waals surface area contributed by atoms with Crippen LogP contribution >= 0.6 is 0 Å². The zero-order valence-corrected chi connectivity index (χ0v) is 9.32. The fourth-order valence-electron chi connectivity index (χ4n) is 1.82. The summed E-state index contributed by atoms with van der Waals surface area (Å²) < 4.78 is 4.66. The highest BCUT2D eigenvalue weighted by Crippen LogP contribution is 2.20. The van der Waals surface area contributed by atoms with Gasteiger partial charge < -0.3 is 10.1 Å². The number of ether oxygens (including phenoxy) is 1. The van der Waals surface area contributed by atoms with Crippen LogP contribution in [-0.2, 0) is 4.74 Å². The van der Waals surface area contributed by atoms with Crippen molar-refractivity contribution in [2.24, 2.45) is 0 Å². The van der Waals surface area contributed by atoms with Crippen LogP contribution < -0.4 is 5.32 Å². The molecule has 1 heterocycles. The van der Waals surface area contributed by atoms with Gasteiger partial charge in [-0.2, -0.15) is 0 Å². The molecule has 84 valence electrons. The van der Waals surface area contributed by atoms with Crippen LogP contribution in [0.1, 0.15) is 22.3 Å². The summed E-state index contributed by atoms with van der Waals surface area (Å²) >= 11 is 0. The molecule has 16 heavy (non-hydrogen) atoms. The topological polar surface area (TPSA) is 38.3 Å². The lowest BCUT2D eigenvalue weighted by Gasteiger charge is -2.14. The summed E-state index contributed by atoms with van der Waals surface area (Å²) in [6.45, 7) is 1.94. The van der Waals surface area contributed by atoms with Gasteiger partial charge in [0.05, 0.1) is 12.7 Å². The van der Waals surface area contributed by atoms with Gasteiger partial charge in [0.1, 0.15) is 0 Å². The van der Waals surface area contributed by atoms with Crippen LogP contribution in [0.3, 0.4) is 0 Å². The van der Waals surface area contributed by atoms with Gasteiger partial charge in [0.25, 0.3) is 0 Å². The fraction of sp³-hybridized carbons (Fsp3) is 0.308. The maximum atomic E-state index is 11.3. The first-order valence-electron chi connectivity index (χ1n) is 5.40. The van der Waals surface area contributed by atoms with Crippen molar-refractivity contribution in [3.8, 4) is 0 Å². The number of carbonyl (C=O) groups is 1. The lowest BCUT2D eigenvalue weighted by Crippen LogP contribution is -2.20. The summed E-state index contributed by atoms with van der Waals surface area (Å²) in [7, 11) is 1.39. The van der Waals surface area contributed by atoms with Crippen LogP contribution in [0.5, 0.6) is 0 Å². The lowest BCUT2D eigenvalue weighted by molar-refractivity contribution is 0.0601. The van der Waals surface area contributed by atoms with Gasteiger partial charge in [-0.15, -0.1) is 0 Å². The molecule has 1 N–H and O–H groups in total. The van der Waals surface area contributed by atoms with Crippen molar-refractivity contribution in [1.82, 2.24) is 5.32 Å². The minimum absolute atomic E-state index is 0.286. The Morgan fingerprint density at radius 1 is 1.31 bits per heavy atom. The number of hydrogen-bond donors (Lipinski definition) is 1. The average molecular weight is 217 g/mol. The summed E-state index contributed by atoms with van der Waals surface area (Å²) in [5.41, 5.74) is 3.13. The van der Waals surface area contributed by atoms with Crippen LogP contribution in [0.15, 0.2) is 30.3 Å². The molecule has 0 amide bonds. The van der Waals surface area contributed by atoms with Crippen molar-refractivity contribution in [3.05, 3.63) is 41.5 Å². The zero-order chi connectivity index (χ0) is 11.4. The van der Waals surface area contributed by atoms with E-state index in [9.17, 15) is 4.79 Å². The maximum Gasteiger partial charge on any atom is 0.337 e. The highest BCUT2D eigenvalue weighted by molar-refractivity contribution is 5.89. The van der Waals surface area contributed by atoms with Gasteiger partial charge in [-0.05, 0) is 36.2 Å². The van der Waals surface area contributed by atoms with E-state index < -0.39 is 0 Å². The third kappa shape index (κ3) is 2.31. The van der Waals surface area contributed by atoms with E-state index in [2.05, 4.69) is 16.1 Å². The van der Waals surface area contributed by atoms with Gasteiger partial charge in [-0.1, -0.05) is 18.2 Å². The maximum absolute atomic E-state index is 11.3. The molecule has 0 bridgehead atoms. The molecular formula is C13H15NO2. The van der Waals surface area contributed by atoms with Crippen molar-refractivity contribution in [3.63, 3.8) is 0 Å². The van der Waals surface area contributed by atoms with E-state index in [1.807, 2.05) is 24.3 Å². The van der Waals surface area contributed by atoms with E-state index in [0.29, 0.717) is 5.56 Å². The van der Waals surface area contributed by atoms with Crippen LogP contribution in [0, 0.1) is 0 Å². The molecule has 0 unspecified atom stereocenters. The second-order valence-electron chi connectivity index (χ2n) is 3.75. The quantitative estimate of drug-likeness (QED) is 0.768. The van der Waals surface area contributed by atoms with Gasteiger partial charge in [0.2, 0.25) is 0 Å². The predicted octanol–water partition coefficient (Wildman–Crippen LogP) is 1.85. The second-order valence-corrected chi connectivity index (χ2v) is 3.75. The summed E-state index contributed by atoms with van der Waals surface area (Å²) in [4.78, 5) is 11.3. The van der Waals surface area contributed by atoms with E-state index >= 15 is 0 Å². The molecule has 3 nitrogen and oxygen atoms in total. The largest absolute Gasteiger partial charge is 0.465 e. The highest BCUT2D eigenvalue weighted by Gasteiger charge is 2.08. The minimum atomic E-state index is -0.286. The average Bonchev–Trinajstić information content (AvgIpc) is 2.39. The van der Waals surface area contributed by atoms with Crippen molar-refractivity contribution in [2.75, 3.05) is 20.2 Å². The first-order chi connectivity index (χ1) is 7.81. The summed E-state index contributed by atoms with van der Waals surface area (Å²) in [5, 5.41) is 3.27. The van der Waals surface area contributed by atoms with E-state index in [4.69, 9.17) is 0 Å². The van der Waals surface area contributed by atoms with Gasteiger partial charge in [-0.3, -0.25) is 0 Å². The number of hydrogen-bond acceptors (Lipinski definition) is 3. The SMILES string of the molecule is COC(=O)c1ccc(C2=CCNCC2)cc1. The molecule has 0 spiro atoms. The van der Waals surface area contributed by atoms with Crippen LogP contribution in [0.25, 0.3) is 5.57 Å². The first-order valence-corrected chi connectivity index (χ1v) is 5.40. The van der Waals surface area contributed by atoms with E-state index in [1.54, 1.807) is 0 Å². The van der Waals surface area contributed by atoms with Gasteiger partial charge in [0, 0.05) is 6.54 Å². The summed E-state index contributed by atoms with van der Waals surface area (Å²) in [6.07, 6.45) is 3.23. The second kappa shape index (κ2) is 4.94. The molecule has 1 aromatic carbocycles. The van der Waals surface area contributed by atoms with Crippen molar-refractivity contribution < 1.29 is 9.53 Å². The van der Waals surface area contributed by atoms with Crippen molar-refractivity contribution in [1.29, 1.82) is 0 Å². The van der Waals surface area contributed by atoms with E-state index in [-0.39, 0.29) is 5.97 Å². The molecular weight excluding hydrogens is 202 g/mol. The highest BCUT2D eigenvalue weighted by atomic mass is 16.5. The van der Waals surface area contributed by atoms with E-state index in [1.165, 1.54) is 18.2 Å². The molecule has 3 heteroatoms. The van der Waals surface area contributed by atoms with E-state index in [0.717, 1.165) is 19.5 Å². The van der Waals surface area contributed by atoms with Crippen molar-refractivity contribution >= 4 is 11.5 Å². The molecule has 0 fully saturated rings. The molecule has 0 saturated heterocycles. The molecule has 1 aromatic rings. The Bertz CT molecular complexity index is 406. The molecule has 2 rings (SSSR count). The number of benzene rings is 1. The molecule has 1 aliphatic rings. The van der Waals surface area contributed by atoms with Crippen LogP contribution in [0.2, 0.25) is 0 Å². The number of rotatable bonds is 2. The molecule has 0 aliphatic carbocycles. The third-order valence-electron chi connectivity index (χ3n) is 2.74. The zero-order valence-electron chi connectivity index (χ0n) is 9.32. The smallest absolute Gasteiger partial charge is 0.337 e. The Hall–Kier alpha value is -1.61. The molecule has 1 aliphatic heterocycles. The number of nitrogens with one attached hydrogen (secondary N) is 1. The van der Waals surface area contributed by atoms with Gasteiger partial charge in [-0.25, -0.2) is 4.79 Å². The van der Waals surface area contributed by atoms with Crippen molar-refractivity contribution in [2.45, 2.75) is 6.42 Å². The number of methoxy groups -OCH3 is 1. The minimum Gasteiger partial charge on any atom is -0.465 e. The standard InChI is InChI=1S/C13H15NO2/c1-16-13(15)12-4-2-10(3-5-12)11-6-8-14-9-7-11/h2-6,14H,7-9H2,1H3. The predicted molar refractivity (Wildman–Crippen MR) is 63.2 cm³/mol. The molecule has 0 atom stereocenters. The monoisotopic (exact) mass is 217 g/mol. The Balaban J connectivity index is 2.18. The molecule has 0 saturated carbocycles.